The van der Waals surface area contributed by atoms with Crippen LogP contribution in [0.2, 0.25) is 0 Å². The van der Waals surface area contributed by atoms with E-state index in [4.69, 9.17) is 5.11 Å². The van der Waals surface area contributed by atoms with Gasteiger partial charge < -0.3 is 10.4 Å². The molecule has 1 atom stereocenters. The average Bonchev–Trinajstić information content (AvgIpc) is 2.95. The van der Waals surface area contributed by atoms with Gasteiger partial charge in [0.2, 0.25) is 0 Å². The van der Waals surface area contributed by atoms with Crippen molar-refractivity contribution in [3.8, 4) is 0 Å². The quantitative estimate of drug-likeness (QED) is 0.910. The van der Waals surface area contributed by atoms with E-state index in [0.717, 1.165) is 16.2 Å². The number of amides is 1. The number of rotatable bonds is 4. The first-order valence-corrected chi connectivity index (χ1v) is 7.59. The van der Waals surface area contributed by atoms with E-state index >= 15 is 0 Å². The molecule has 20 heavy (non-hydrogen) atoms. The van der Waals surface area contributed by atoms with Crippen LogP contribution in [0.25, 0.3) is 0 Å². The van der Waals surface area contributed by atoms with Crippen LogP contribution in [0.15, 0.2) is 12.1 Å². The molecular weight excluding hydrogens is 296 g/mol. The summed E-state index contributed by atoms with van der Waals surface area (Å²) in [7, 11) is 0. The number of carbonyl (C=O) groups is 2. The Morgan fingerprint density at radius 3 is 2.50 bits per heavy atom. The number of hydrogen-bond donors (Lipinski definition) is 2. The van der Waals surface area contributed by atoms with E-state index in [-0.39, 0.29) is 16.8 Å². The summed E-state index contributed by atoms with van der Waals surface area (Å²) in [6.07, 6.45) is 0. The molecule has 0 fully saturated rings. The number of carboxylic acids is 1. The molecular formula is C13H14N2O3S2. The monoisotopic (exact) mass is 310 g/mol. The maximum atomic E-state index is 12.0. The Morgan fingerprint density at radius 2 is 2.00 bits per heavy atom. The molecule has 0 aliphatic heterocycles. The van der Waals surface area contributed by atoms with Gasteiger partial charge in [0.1, 0.15) is 9.88 Å². The van der Waals surface area contributed by atoms with E-state index in [1.54, 1.807) is 19.9 Å². The SMILES string of the molecule is Cc1ccc(C(=O)NC(C)c2nc(C)c(C(=O)O)s2)s1. The number of nitrogens with one attached hydrogen (secondary N) is 1. The molecule has 0 aliphatic rings. The Hall–Kier alpha value is -1.73. The van der Waals surface area contributed by atoms with Crippen LogP contribution in [-0.2, 0) is 0 Å². The molecule has 0 aliphatic carbocycles. The molecule has 0 saturated carbocycles. The highest BCUT2D eigenvalue weighted by Crippen LogP contribution is 2.24. The normalized spacial score (nSPS) is 12.2. The molecule has 2 aromatic heterocycles. The van der Waals surface area contributed by atoms with Gasteiger partial charge >= 0.3 is 5.97 Å². The van der Waals surface area contributed by atoms with Gasteiger partial charge in [-0.3, -0.25) is 4.79 Å². The highest BCUT2D eigenvalue weighted by molar-refractivity contribution is 7.14. The van der Waals surface area contributed by atoms with Crippen LogP contribution in [0.4, 0.5) is 0 Å². The summed E-state index contributed by atoms with van der Waals surface area (Å²) in [6.45, 7) is 5.39. The van der Waals surface area contributed by atoms with Gasteiger partial charge in [-0.15, -0.1) is 22.7 Å². The number of carboxylic acid groups (broad SMARTS) is 1. The first kappa shape index (κ1) is 14.7. The van der Waals surface area contributed by atoms with Crippen molar-refractivity contribution in [2.24, 2.45) is 0 Å². The molecule has 7 heteroatoms. The van der Waals surface area contributed by atoms with E-state index < -0.39 is 5.97 Å². The van der Waals surface area contributed by atoms with Gasteiger partial charge in [-0.1, -0.05) is 0 Å². The Labute approximate surface area is 124 Å². The minimum absolute atomic E-state index is 0.166. The summed E-state index contributed by atoms with van der Waals surface area (Å²) in [5.41, 5.74) is 0.477. The van der Waals surface area contributed by atoms with Gasteiger partial charge in [0, 0.05) is 4.88 Å². The molecule has 1 amide bonds. The molecule has 0 spiro atoms. The second kappa shape index (κ2) is 5.72. The van der Waals surface area contributed by atoms with Crippen molar-refractivity contribution in [2.45, 2.75) is 26.8 Å². The number of nitrogens with zero attached hydrogens (tertiary/aromatic N) is 1. The first-order chi connectivity index (χ1) is 9.38. The van der Waals surface area contributed by atoms with E-state index in [9.17, 15) is 9.59 Å². The van der Waals surface area contributed by atoms with Crippen molar-refractivity contribution in [1.29, 1.82) is 0 Å². The van der Waals surface area contributed by atoms with Crippen LogP contribution in [-0.4, -0.2) is 22.0 Å². The predicted octanol–water partition coefficient (Wildman–Crippen LogP) is 3.01. The highest BCUT2D eigenvalue weighted by atomic mass is 32.1. The standard InChI is InChI=1S/C13H14N2O3S2/c1-6-4-5-9(19-6)11(16)14-8(3)12-15-7(2)10(20-12)13(17)18/h4-5,8H,1-3H3,(H,14,16)(H,17,18). The highest BCUT2D eigenvalue weighted by Gasteiger charge is 2.20. The third-order valence-corrected chi connectivity index (χ3v) is 5.02. The maximum absolute atomic E-state index is 12.0. The molecule has 5 nitrogen and oxygen atoms in total. The minimum Gasteiger partial charge on any atom is -0.477 e. The zero-order valence-electron chi connectivity index (χ0n) is 11.3. The number of thiazole rings is 1. The molecule has 2 rings (SSSR count). The molecule has 2 heterocycles. The Balaban J connectivity index is 2.12. The lowest BCUT2D eigenvalue weighted by Gasteiger charge is -2.09. The molecule has 2 aromatic rings. The van der Waals surface area contributed by atoms with Gasteiger partial charge in [0.15, 0.2) is 0 Å². The first-order valence-electron chi connectivity index (χ1n) is 5.96. The lowest BCUT2D eigenvalue weighted by molar-refractivity contribution is 0.0701. The fourth-order valence-electron chi connectivity index (χ4n) is 1.69. The van der Waals surface area contributed by atoms with Crippen molar-refractivity contribution < 1.29 is 14.7 Å². The zero-order chi connectivity index (χ0) is 14.9. The van der Waals surface area contributed by atoms with Crippen LogP contribution in [0.5, 0.6) is 0 Å². The largest absolute Gasteiger partial charge is 0.477 e. The number of aromatic nitrogens is 1. The summed E-state index contributed by atoms with van der Waals surface area (Å²) in [5, 5.41) is 12.4. The molecule has 0 aromatic carbocycles. The van der Waals surface area contributed by atoms with Crippen LogP contribution >= 0.6 is 22.7 Å². The van der Waals surface area contributed by atoms with Gasteiger partial charge in [-0.25, -0.2) is 9.78 Å². The van der Waals surface area contributed by atoms with Crippen molar-refractivity contribution in [3.05, 3.63) is 37.5 Å². The Bertz CT molecular complexity index is 660. The molecule has 0 radical (unpaired) electrons. The third-order valence-electron chi connectivity index (χ3n) is 2.69. The molecule has 1 unspecified atom stereocenters. The number of aromatic carboxylic acids is 1. The predicted molar refractivity (Wildman–Crippen MR) is 78.7 cm³/mol. The summed E-state index contributed by atoms with van der Waals surface area (Å²) >= 11 is 2.52. The van der Waals surface area contributed by atoms with E-state index in [2.05, 4.69) is 10.3 Å². The lowest BCUT2D eigenvalue weighted by atomic mass is 10.3. The van der Waals surface area contributed by atoms with Crippen LogP contribution in [0, 0.1) is 13.8 Å². The molecule has 2 N–H and O–H groups in total. The number of aryl methyl sites for hydroxylation is 2. The van der Waals surface area contributed by atoms with E-state index in [1.165, 1.54) is 11.3 Å². The second-order valence-electron chi connectivity index (χ2n) is 4.38. The zero-order valence-corrected chi connectivity index (χ0v) is 12.9. The van der Waals surface area contributed by atoms with E-state index in [0.29, 0.717) is 15.6 Å². The van der Waals surface area contributed by atoms with Gasteiger partial charge in [0.05, 0.1) is 16.6 Å². The lowest BCUT2D eigenvalue weighted by Crippen LogP contribution is -2.25. The third kappa shape index (κ3) is 3.05. The van der Waals surface area contributed by atoms with Crippen molar-refractivity contribution >= 4 is 34.6 Å². The fraction of sp³-hybridized carbons (Fsp3) is 0.308. The van der Waals surface area contributed by atoms with Crippen LogP contribution in [0.1, 0.15) is 47.9 Å². The van der Waals surface area contributed by atoms with Crippen molar-refractivity contribution in [2.75, 3.05) is 0 Å². The van der Waals surface area contributed by atoms with Crippen LogP contribution in [0.3, 0.4) is 0 Å². The molecule has 106 valence electrons. The Morgan fingerprint density at radius 1 is 1.30 bits per heavy atom. The van der Waals surface area contributed by atoms with E-state index in [1.807, 2.05) is 13.0 Å². The average molecular weight is 310 g/mol. The summed E-state index contributed by atoms with van der Waals surface area (Å²) in [5.74, 6) is -1.15. The van der Waals surface area contributed by atoms with Gasteiger partial charge in [-0.2, -0.15) is 0 Å². The summed E-state index contributed by atoms with van der Waals surface area (Å²) < 4.78 is 0. The minimum atomic E-state index is -0.987. The summed E-state index contributed by atoms with van der Waals surface area (Å²) in [4.78, 5) is 29.2. The second-order valence-corrected chi connectivity index (χ2v) is 6.70. The number of thiophene rings is 1. The van der Waals surface area contributed by atoms with Gasteiger partial charge in [0.25, 0.3) is 5.91 Å². The molecule has 0 bridgehead atoms. The maximum Gasteiger partial charge on any atom is 0.347 e. The van der Waals surface area contributed by atoms with Crippen molar-refractivity contribution in [3.63, 3.8) is 0 Å². The smallest absolute Gasteiger partial charge is 0.347 e. The van der Waals surface area contributed by atoms with Crippen molar-refractivity contribution in [1.82, 2.24) is 10.3 Å². The van der Waals surface area contributed by atoms with Gasteiger partial charge in [-0.05, 0) is 32.9 Å². The molecule has 0 saturated heterocycles. The Kier molecular flexibility index (Phi) is 4.20. The van der Waals surface area contributed by atoms with Crippen LogP contribution < -0.4 is 5.32 Å². The fourth-order valence-corrected chi connectivity index (χ4v) is 3.37. The number of hydrogen-bond acceptors (Lipinski definition) is 5. The topological polar surface area (TPSA) is 79.3 Å². The number of carbonyl (C=O) groups excluding carboxylic acids is 1. The summed E-state index contributed by atoms with van der Waals surface area (Å²) in [6, 6.07) is 3.35.